The van der Waals surface area contributed by atoms with Gasteiger partial charge in [-0.3, -0.25) is 4.79 Å². The highest BCUT2D eigenvalue weighted by atomic mass is 16.5. The van der Waals surface area contributed by atoms with Crippen LogP contribution in [0.3, 0.4) is 0 Å². The number of amides is 1. The molecule has 2 heterocycles. The average Bonchev–Trinajstić information content (AvgIpc) is 3.17. The van der Waals surface area contributed by atoms with E-state index in [9.17, 15) is 4.79 Å². The number of aryl methyl sites for hydroxylation is 2. The number of aromatic nitrogens is 3. The number of imidazole rings is 1. The fourth-order valence-electron chi connectivity index (χ4n) is 3.69. The van der Waals surface area contributed by atoms with E-state index in [1.807, 2.05) is 36.4 Å². The number of rotatable bonds is 9. The summed E-state index contributed by atoms with van der Waals surface area (Å²) in [7, 11) is 1.66. The summed E-state index contributed by atoms with van der Waals surface area (Å²) >= 11 is 0. The first-order chi connectivity index (χ1) is 15.6. The van der Waals surface area contributed by atoms with Gasteiger partial charge in [0.2, 0.25) is 5.91 Å². The number of hydrogen-bond acceptors (Lipinski definition) is 4. The zero-order chi connectivity index (χ0) is 22.3. The predicted molar refractivity (Wildman–Crippen MR) is 126 cm³/mol. The molecule has 1 N–H and O–H groups in total. The van der Waals surface area contributed by atoms with Gasteiger partial charge >= 0.3 is 0 Å². The lowest BCUT2D eigenvalue weighted by Crippen LogP contribution is -2.26. The lowest BCUT2D eigenvalue weighted by Gasteiger charge is -2.10. The predicted octanol–water partition coefficient (Wildman–Crippen LogP) is 4.09. The maximum Gasteiger partial charge on any atom is 0.220 e. The molecule has 0 aliphatic rings. The highest BCUT2D eigenvalue weighted by Gasteiger charge is 2.14. The summed E-state index contributed by atoms with van der Waals surface area (Å²) in [6.45, 7) is 3.34. The van der Waals surface area contributed by atoms with Gasteiger partial charge < -0.3 is 14.6 Å². The van der Waals surface area contributed by atoms with Crippen LogP contribution in [0.1, 0.15) is 28.9 Å². The Labute approximate surface area is 188 Å². The maximum atomic E-state index is 12.4. The zero-order valence-corrected chi connectivity index (χ0v) is 18.5. The average molecular weight is 429 g/mol. The number of methoxy groups -OCH3 is 1. The van der Waals surface area contributed by atoms with Crippen molar-refractivity contribution in [3.8, 4) is 5.75 Å². The SMILES string of the molecule is COc1ccc(Cn2c(CCC(=O)NCCc3ccc(C)cc3)nc3cccnc32)cc1. The van der Waals surface area contributed by atoms with Gasteiger partial charge in [-0.05, 0) is 48.7 Å². The van der Waals surface area contributed by atoms with Crippen molar-refractivity contribution in [1.82, 2.24) is 19.9 Å². The normalized spacial score (nSPS) is 10.9. The highest BCUT2D eigenvalue weighted by Crippen LogP contribution is 2.19. The van der Waals surface area contributed by atoms with E-state index in [-0.39, 0.29) is 5.91 Å². The number of ether oxygens (including phenoxy) is 1. The maximum absolute atomic E-state index is 12.4. The Morgan fingerprint density at radius 2 is 1.75 bits per heavy atom. The van der Waals surface area contributed by atoms with Gasteiger partial charge in [-0.2, -0.15) is 0 Å². The van der Waals surface area contributed by atoms with E-state index in [0.717, 1.165) is 34.7 Å². The molecule has 32 heavy (non-hydrogen) atoms. The molecule has 0 spiro atoms. The Balaban J connectivity index is 1.40. The molecule has 0 fully saturated rings. The van der Waals surface area contributed by atoms with E-state index in [2.05, 4.69) is 46.1 Å². The Morgan fingerprint density at radius 1 is 1.00 bits per heavy atom. The third kappa shape index (κ3) is 5.32. The van der Waals surface area contributed by atoms with Gasteiger partial charge in [-0.15, -0.1) is 0 Å². The second-order valence-corrected chi connectivity index (χ2v) is 7.89. The summed E-state index contributed by atoms with van der Waals surface area (Å²) in [5.41, 5.74) is 5.27. The monoisotopic (exact) mass is 428 g/mol. The number of fused-ring (bicyclic) bond motifs is 1. The third-order valence-corrected chi connectivity index (χ3v) is 5.51. The smallest absolute Gasteiger partial charge is 0.220 e. The fourth-order valence-corrected chi connectivity index (χ4v) is 3.69. The molecule has 1 amide bonds. The Bertz CT molecular complexity index is 1180. The van der Waals surface area contributed by atoms with Gasteiger partial charge in [0.05, 0.1) is 13.7 Å². The second kappa shape index (κ2) is 10.1. The van der Waals surface area contributed by atoms with E-state index in [1.54, 1.807) is 13.3 Å². The number of benzene rings is 2. The van der Waals surface area contributed by atoms with Crippen molar-refractivity contribution < 1.29 is 9.53 Å². The molecule has 2 aromatic heterocycles. The Morgan fingerprint density at radius 3 is 2.50 bits per heavy atom. The minimum atomic E-state index is 0.0353. The summed E-state index contributed by atoms with van der Waals surface area (Å²) in [4.78, 5) is 21.7. The van der Waals surface area contributed by atoms with Crippen molar-refractivity contribution in [3.05, 3.63) is 89.4 Å². The molecule has 4 aromatic rings. The quantitative estimate of drug-likeness (QED) is 0.436. The van der Waals surface area contributed by atoms with Crippen LogP contribution in [0.2, 0.25) is 0 Å². The number of carbonyl (C=O) groups is 1. The van der Waals surface area contributed by atoms with Crippen molar-refractivity contribution in [2.24, 2.45) is 0 Å². The van der Waals surface area contributed by atoms with Crippen LogP contribution in [0.5, 0.6) is 5.75 Å². The second-order valence-electron chi connectivity index (χ2n) is 7.89. The van der Waals surface area contributed by atoms with Crippen LogP contribution in [0.25, 0.3) is 11.2 Å². The molecule has 0 bridgehead atoms. The van der Waals surface area contributed by atoms with Gasteiger partial charge in [-0.25, -0.2) is 9.97 Å². The molecule has 0 radical (unpaired) electrons. The molecular formula is C26H28N4O2. The van der Waals surface area contributed by atoms with Crippen LogP contribution in [0, 0.1) is 6.92 Å². The van der Waals surface area contributed by atoms with Crippen molar-refractivity contribution in [1.29, 1.82) is 0 Å². The highest BCUT2D eigenvalue weighted by molar-refractivity contribution is 5.76. The fraction of sp³-hybridized carbons (Fsp3) is 0.269. The molecule has 0 saturated heterocycles. The molecule has 0 atom stereocenters. The molecule has 0 saturated carbocycles. The van der Waals surface area contributed by atoms with Crippen LogP contribution >= 0.6 is 0 Å². The van der Waals surface area contributed by atoms with Crippen LogP contribution in [0.15, 0.2) is 66.9 Å². The number of nitrogens with one attached hydrogen (secondary N) is 1. The van der Waals surface area contributed by atoms with E-state index >= 15 is 0 Å². The van der Waals surface area contributed by atoms with Gasteiger partial charge in [0.1, 0.15) is 17.1 Å². The number of pyridine rings is 1. The van der Waals surface area contributed by atoms with Crippen molar-refractivity contribution >= 4 is 17.1 Å². The molecule has 0 aliphatic carbocycles. The first-order valence-corrected chi connectivity index (χ1v) is 10.9. The van der Waals surface area contributed by atoms with E-state index < -0.39 is 0 Å². The van der Waals surface area contributed by atoms with E-state index in [0.29, 0.717) is 25.9 Å². The minimum Gasteiger partial charge on any atom is -0.497 e. The van der Waals surface area contributed by atoms with Gasteiger partial charge in [0.15, 0.2) is 5.65 Å². The first kappa shape index (κ1) is 21.6. The van der Waals surface area contributed by atoms with E-state index in [1.165, 1.54) is 11.1 Å². The molecule has 4 rings (SSSR count). The zero-order valence-electron chi connectivity index (χ0n) is 18.5. The molecule has 0 aliphatic heterocycles. The van der Waals surface area contributed by atoms with Crippen molar-refractivity contribution in [2.45, 2.75) is 32.7 Å². The lowest BCUT2D eigenvalue weighted by molar-refractivity contribution is -0.121. The summed E-state index contributed by atoms with van der Waals surface area (Å²) in [6.07, 6.45) is 3.55. The summed E-state index contributed by atoms with van der Waals surface area (Å²) < 4.78 is 7.35. The van der Waals surface area contributed by atoms with Crippen LogP contribution in [-0.2, 0) is 24.2 Å². The molecule has 0 unspecified atom stereocenters. The summed E-state index contributed by atoms with van der Waals surface area (Å²) in [5, 5.41) is 3.03. The topological polar surface area (TPSA) is 69.0 Å². The van der Waals surface area contributed by atoms with Crippen molar-refractivity contribution in [2.75, 3.05) is 13.7 Å². The standard InChI is InChI=1S/C26H28N4O2/c1-19-5-7-20(8-6-19)15-17-27-25(31)14-13-24-29-23-4-3-16-28-26(23)30(24)18-21-9-11-22(32-2)12-10-21/h3-12,16H,13-15,17-18H2,1-2H3,(H,27,31). The van der Waals surface area contributed by atoms with Gasteiger partial charge in [0.25, 0.3) is 0 Å². The minimum absolute atomic E-state index is 0.0353. The Hall–Kier alpha value is -3.67. The number of nitrogens with zero attached hydrogens (tertiary/aromatic N) is 3. The lowest BCUT2D eigenvalue weighted by atomic mass is 10.1. The van der Waals surface area contributed by atoms with E-state index in [4.69, 9.17) is 9.72 Å². The van der Waals surface area contributed by atoms with Gasteiger partial charge in [0, 0.05) is 25.6 Å². The van der Waals surface area contributed by atoms with Crippen LogP contribution in [-0.4, -0.2) is 34.1 Å². The van der Waals surface area contributed by atoms with Crippen LogP contribution < -0.4 is 10.1 Å². The molecule has 2 aromatic carbocycles. The molecule has 6 nitrogen and oxygen atoms in total. The third-order valence-electron chi connectivity index (χ3n) is 5.51. The Kier molecular flexibility index (Phi) is 6.80. The summed E-state index contributed by atoms with van der Waals surface area (Å²) in [6, 6.07) is 20.2. The van der Waals surface area contributed by atoms with Crippen LogP contribution in [0.4, 0.5) is 0 Å². The van der Waals surface area contributed by atoms with Crippen molar-refractivity contribution in [3.63, 3.8) is 0 Å². The number of carbonyl (C=O) groups excluding carboxylic acids is 1. The molecule has 164 valence electrons. The van der Waals surface area contributed by atoms with Gasteiger partial charge in [-0.1, -0.05) is 42.0 Å². The molecular weight excluding hydrogens is 400 g/mol. The first-order valence-electron chi connectivity index (χ1n) is 10.9. The summed E-state index contributed by atoms with van der Waals surface area (Å²) in [5.74, 6) is 1.72. The number of hydrogen-bond donors (Lipinski definition) is 1. The molecule has 6 heteroatoms. The largest absolute Gasteiger partial charge is 0.497 e.